The Morgan fingerprint density at radius 2 is 2.33 bits per heavy atom. The topological polar surface area (TPSA) is 40.5 Å². The van der Waals surface area contributed by atoms with Gasteiger partial charge in [-0.15, -0.1) is 11.6 Å². The average Bonchev–Trinajstić information content (AvgIpc) is 2.78. The molecule has 0 saturated carbocycles. The minimum Gasteiger partial charge on any atom is -0.507 e. The third kappa shape index (κ3) is 2.58. The molecule has 1 aromatic carbocycles. The number of hydrogen-bond donors (Lipinski definition) is 1. The van der Waals surface area contributed by atoms with E-state index in [4.69, 9.17) is 11.6 Å². The second kappa shape index (κ2) is 5.57. The first-order valence-electron chi connectivity index (χ1n) is 5.96. The van der Waals surface area contributed by atoms with Crippen molar-refractivity contribution in [2.75, 3.05) is 19.0 Å². The van der Waals surface area contributed by atoms with E-state index in [1.54, 1.807) is 4.90 Å². The molecule has 1 unspecified atom stereocenters. The summed E-state index contributed by atoms with van der Waals surface area (Å²) in [5.41, 5.74) is -0.232. The highest BCUT2D eigenvalue weighted by molar-refractivity contribution is 6.17. The molecule has 1 aliphatic rings. The lowest BCUT2D eigenvalue weighted by Crippen LogP contribution is -2.29. The first kappa shape index (κ1) is 13.1. The molecule has 0 radical (unpaired) electrons. The summed E-state index contributed by atoms with van der Waals surface area (Å²) >= 11 is 5.67. The molecule has 2 rings (SSSR count). The van der Waals surface area contributed by atoms with E-state index in [0.29, 0.717) is 24.9 Å². The Hall–Kier alpha value is -1.29. The smallest absolute Gasteiger partial charge is 0.260 e. The molecule has 0 aromatic heterocycles. The van der Waals surface area contributed by atoms with Crippen LogP contribution in [0.1, 0.15) is 23.2 Å². The van der Waals surface area contributed by atoms with Gasteiger partial charge >= 0.3 is 0 Å². The molecule has 5 heteroatoms. The standard InChI is InChI=1S/C13H15ClFNO2/c14-6-4-9-5-7-16(8-9)13(18)12-10(15)2-1-3-11(12)17/h1-3,9,17H,4-8H2. The predicted molar refractivity (Wildman–Crippen MR) is 67.4 cm³/mol. The second-order valence-corrected chi connectivity index (χ2v) is 4.90. The molecule has 3 nitrogen and oxygen atoms in total. The average molecular weight is 272 g/mol. The van der Waals surface area contributed by atoms with Crippen LogP contribution in [0.3, 0.4) is 0 Å². The van der Waals surface area contributed by atoms with Gasteiger partial charge in [-0.2, -0.15) is 0 Å². The molecular weight excluding hydrogens is 257 g/mol. The molecule has 1 atom stereocenters. The first-order chi connectivity index (χ1) is 8.63. The maximum atomic E-state index is 13.6. The van der Waals surface area contributed by atoms with E-state index in [-0.39, 0.29) is 11.3 Å². The highest BCUT2D eigenvalue weighted by Gasteiger charge is 2.29. The van der Waals surface area contributed by atoms with Crippen molar-refractivity contribution >= 4 is 17.5 Å². The summed E-state index contributed by atoms with van der Waals surface area (Å²) in [4.78, 5) is 13.7. The summed E-state index contributed by atoms with van der Waals surface area (Å²) in [6.07, 6.45) is 1.74. The number of phenolic OH excluding ortho intramolecular Hbond substituents is 1. The Morgan fingerprint density at radius 1 is 1.56 bits per heavy atom. The SMILES string of the molecule is O=C(c1c(O)cccc1F)N1CCC(CCCl)C1. The van der Waals surface area contributed by atoms with Gasteiger partial charge in [0.2, 0.25) is 0 Å². The molecule has 1 amide bonds. The van der Waals surface area contributed by atoms with Crippen LogP contribution < -0.4 is 0 Å². The first-order valence-corrected chi connectivity index (χ1v) is 6.49. The van der Waals surface area contributed by atoms with Gasteiger partial charge in [0.15, 0.2) is 0 Å². The summed E-state index contributed by atoms with van der Waals surface area (Å²) in [6, 6.07) is 3.88. The monoisotopic (exact) mass is 271 g/mol. The number of hydrogen-bond acceptors (Lipinski definition) is 2. The van der Waals surface area contributed by atoms with Crippen LogP contribution >= 0.6 is 11.6 Å². The fourth-order valence-electron chi connectivity index (χ4n) is 2.29. The van der Waals surface area contributed by atoms with Gasteiger partial charge < -0.3 is 10.0 Å². The van der Waals surface area contributed by atoms with Crippen molar-refractivity contribution in [2.45, 2.75) is 12.8 Å². The fraction of sp³-hybridized carbons (Fsp3) is 0.462. The number of carbonyl (C=O) groups excluding carboxylic acids is 1. The maximum absolute atomic E-state index is 13.6. The number of benzene rings is 1. The van der Waals surface area contributed by atoms with Crippen molar-refractivity contribution in [3.8, 4) is 5.75 Å². The van der Waals surface area contributed by atoms with Crippen molar-refractivity contribution < 1.29 is 14.3 Å². The number of alkyl halides is 1. The number of aromatic hydroxyl groups is 1. The van der Waals surface area contributed by atoms with Crippen molar-refractivity contribution in [1.29, 1.82) is 0 Å². The van der Waals surface area contributed by atoms with Crippen LogP contribution in [-0.4, -0.2) is 34.9 Å². The van der Waals surface area contributed by atoms with Crippen LogP contribution in [0.4, 0.5) is 4.39 Å². The Bertz CT molecular complexity index is 432. The zero-order valence-corrected chi connectivity index (χ0v) is 10.7. The zero-order valence-electron chi connectivity index (χ0n) is 9.90. The van der Waals surface area contributed by atoms with Gasteiger partial charge in [-0.1, -0.05) is 6.07 Å². The normalized spacial score (nSPS) is 19.2. The summed E-state index contributed by atoms with van der Waals surface area (Å²) in [6.45, 7) is 1.17. The molecular formula is C13H15ClFNO2. The lowest BCUT2D eigenvalue weighted by atomic mass is 10.1. The number of amides is 1. The molecule has 18 heavy (non-hydrogen) atoms. The van der Waals surface area contributed by atoms with E-state index in [2.05, 4.69) is 0 Å². The molecule has 0 aliphatic carbocycles. The third-order valence-electron chi connectivity index (χ3n) is 3.30. The Kier molecular flexibility index (Phi) is 4.07. The van der Waals surface area contributed by atoms with Gasteiger partial charge in [-0.25, -0.2) is 4.39 Å². The molecule has 1 fully saturated rings. The molecule has 1 aliphatic heterocycles. The van der Waals surface area contributed by atoms with Gasteiger partial charge in [-0.3, -0.25) is 4.79 Å². The van der Waals surface area contributed by atoms with Gasteiger partial charge in [0.05, 0.1) is 0 Å². The van der Waals surface area contributed by atoms with E-state index in [0.717, 1.165) is 12.8 Å². The maximum Gasteiger partial charge on any atom is 0.260 e. The fourth-order valence-corrected chi connectivity index (χ4v) is 2.60. The predicted octanol–water partition coefficient (Wildman–Crippen LogP) is 2.62. The highest BCUT2D eigenvalue weighted by Crippen LogP contribution is 2.26. The number of phenols is 1. The summed E-state index contributed by atoms with van der Waals surface area (Å²) in [7, 11) is 0. The van der Waals surface area contributed by atoms with Gasteiger partial charge in [0.25, 0.3) is 5.91 Å². The van der Waals surface area contributed by atoms with Crippen molar-refractivity contribution in [3.05, 3.63) is 29.6 Å². The Morgan fingerprint density at radius 3 is 3.00 bits per heavy atom. The molecule has 0 bridgehead atoms. The van der Waals surface area contributed by atoms with E-state index < -0.39 is 11.7 Å². The van der Waals surface area contributed by atoms with Gasteiger partial charge in [-0.05, 0) is 30.9 Å². The van der Waals surface area contributed by atoms with E-state index >= 15 is 0 Å². The van der Waals surface area contributed by atoms with Crippen LogP contribution in [-0.2, 0) is 0 Å². The third-order valence-corrected chi connectivity index (χ3v) is 3.51. The largest absolute Gasteiger partial charge is 0.507 e. The number of carbonyl (C=O) groups is 1. The highest BCUT2D eigenvalue weighted by atomic mass is 35.5. The van der Waals surface area contributed by atoms with Crippen LogP contribution in [0.5, 0.6) is 5.75 Å². The number of nitrogens with zero attached hydrogens (tertiary/aromatic N) is 1. The molecule has 1 saturated heterocycles. The minimum absolute atomic E-state index is 0.232. The van der Waals surface area contributed by atoms with Crippen LogP contribution in [0, 0.1) is 11.7 Å². The van der Waals surface area contributed by atoms with Gasteiger partial charge in [0, 0.05) is 19.0 Å². The van der Waals surface area contributed by atoms with E-state index in [1.165, 1.54) is 18.2 Å². The molecule has 98 valence electrons. The van der Waals surface area contributed by atoms with Crippen LogP contribution in [0.2, 0.25) is 0 Å². The second-order valence-electron chi connectivity index (χ2n) is 4.52. The van der Waals surface area contributed by atoms with Gasteiger partial charge in [0.1, 0.15) is 17.1 Å². The Labute approximate surface area is 110 Å². The molecule has 0 spiro atoms. The quantitative estimate of drug-likeness (QED) is 0.859. The zero-order chi connectivity index (χ0) is 13.1. The number of rotatable bonds is 3. The van der Waals surface area contributed by atoms with Crippen molar-refractivity contribution in [1.82, 2.24) is 4.90 Å². The minimum atomic E-state index is -0.680. The van der Waals surface area contributed by atoms with Crippen LogP contribution in [0.15, 0.2) is 18.2 Å². The van der Waals surface area contributed by atoms with E-state index in [9.17, 15) is 14.3 Å². The van der Waals surface area contributed by atoms with Crippen molar-refractivity contribution in [2.24, 2.45) is 5.92 Å². The molecule has 1 heterocycles. The number of halogens is 2. The summed E-state index contributed by atoms with van der Waals surface area (Å²) in [5, 5.41) is 9.58. The molecule has 1 N–H and O–H groups in total. The van der Waals surface area contributed by atoms with Crippen molar-refractivity contribution in [3.63, 3.8) is 0 Å². The lowest BCUT2D eigenvalue weighted by molar-refractivity contribution is 0.0779. The molecule has 1 aromatic rings. The lowest BCUT2D eigenvalue weighted by Gasteiger charge is -2.17. The summed E-state index contributed by atoms with van der Waals surface area (Å²) in [5.74, 6) is -0.484. The van der Waals surface area contributed by atoms with Crippen LogP contribution in [0.25, 0.3) is 0 Å². The van der Waals surface area contributed by atoms with E-state index in [1.807, 2.05) is 0 Å². The number of likely N-dealkylation sites (tertiary alicyclic amines) is 1. The summed E-state index contributed by atoms with van der Waals surface area (Å²) < 4.78 is 13.6. The Balaban J connectivity index is 2.13.